The molecule has 0 fully saturated rings. The number of nitrogens with zero attached hydrogens (tertiary/aromatic N) is 4. The molecule has 0 radical (unpaired) electrons. The number of hydrogen-bond donors (Lipinski definition) is 1. The van der Waals surface area contributed by atoms with Gasteiger partial charge in [0.05, 0.1) is 18.4 Å². The number of aryl methyl sites for hydroxylation is 1. The van der Waals surface area contributed by atoms with Crippen LogP contribution >= 0.6 is 11.8 Å². The van der Waals surface area contributed by atoms with Gasteiger partial charge in [0.1, 0.15) is 11.4 Å². The second-order valence-electron chi connectivity index (χ2n) is 6.45. The van der Waals surface area contributed by atoms with Crippen molar-refractivity contribution in [3.63, 3.8) is 0 Å². The Kier molecular flexibility index (Phi) is 7.24. The second kappa shape index (κ2) is 10.1. The van der Waals surface area contributed by atoms with Gasteiger partial charge >= 0.3 is 0 Å². The Bertz CT molecular complexity index is 942. The number of carbonyl (C=O) groups is 1. The van der Waals surface area contributed by atoms with Gasteiger partial charge in [-0.25, -0.2) is 0 Å². The van der Waals surface area contributed by atoms with Crippen molar-refractivity contribution >= 4 is 17.7 Å². The number of ether oxygens (including phenoxy) is 1. The summed E-state index contributed by atoms with van der Waals surface area (Å²) < 4.78 is 7.25. The molecule has 1 unspecified atom stereocenters. The van der Waals surface area contributed by atoms with Crippen molar-refractivity contribution in [3.8, 4) is 11.4 Å². The first kappa shape index (κ1) is 20.9. The summed E-state index contributed by atoms with van der Waals surface area (Å²) in [5.41, 5.74) is 3.10. The average molecular weight is 412 g/mol. The van der Waals surface area contributed by atoms with E-state index in [0.29, 0.717) is 17.5 Å². The van der Waals surface area contributed by atoms with Crippen LogP contribution in [0.5, 0.6) is 5.75 Å². The van der Waals surface area contributed by atoms with E-state index in [4.69, 9.17) is 4.74 Å². The van der Waals surface area contributed by atoms with E-state index in [2.05, 4.69) is 52.0 Å². The van der Waals surface area contributed by atoms with E-state index in [1.165, 1.54) is 17.3 Å². The van der Waals surface area contributed by atoms with Crippen molar-refractivity contribution in [2.75, 3.05) is 12.4 Å². The summed E-state index contributed by atoms with van der Waals surface area (Å²) in [6.45, 7) is 6.57. The van der Waals surface area contributed by atoms with E-state index in [1.807, 2.05) is 38.1 Å². The van der Waals surface area contributed by atoms with Gasteiger partial charge in [0.15, 0.2) is 0 Å². The Morgan fingerprint density at radius 2 is 1.93 bits per heavy atom. The van der Waals surface area contributed by atoms with E-state index in [1.54, 1.807) is 4.68 Å². The fraction of sp³-hybridized carbons (Fsp3) is 0.333. The van der Waals surface area contributed by atoms with E-state index in [0.717, 1.165) is 17.7 Å². The fourth-order valence-corrected chi connectivity index (χ4v) is 3.56. The molecule has 0 aliphatic carbocycles. The van der Waals surface area contributed by atoms with Crippen LogP contribution in [-0.2, 0) is 11.2 Å². The van der Waals surface area contributed by atoms with E-state index >= 15 is 0 Å². The van der Waals surface area contributed by atoms with E-state index in [9.17, 15) is 4.79 Å². The van der Waals surface area contributed by atoms with Crippen molar-refractivity contribution in [1.82, 2.24) is 25.5 Å². The zero-order valence-corrected chi connectivity index (χ0v) is 17.6. The van der Waals surface area contributed by atoms with Crippen molar-refractivity contribution in [2.24, 2.45) is 0 Å². The van der Waals surface area contributed by atoms with Crippen LogP contribution in [0.15, 0.2) is 53.7 Å². The molecule has 3 aromatic rings. The monoisotopic (exact) mass is 411 g/mol. The van der Waals surface area contributed by atoms with Gasteiger partial charge in [0.2, 0.25) is 11.1 Å². The third kappa shape index (κ3) is 5.35. The number of tetrazole rings is 1. The molecule has 0 aliphatic rings. The number of benzene rings is 2. The van der Waals surface area contributed by atoms with Crippen LogP contribution in [0.1, 0.15) is 37.9 Å². The summed E-state index contributed by atoms with van der Waals surface area (Å²) in [5, 5.41) is 15.4. The van der Waals surface area contributed by atoms with Crippen LogP contribution in [0.3, 0.4) is 0 Å². The Labute approximate surface area is 174 Å². The molecule has 8 heteroatoms. The molecule has 0 spiro atoms. The maximum atomic E-state index is 12.4. The molecule has 0 saturated carbocycles. The molecule has 0 saturated heterocycles. The third-order valence-electron chi connectivity index (χ3n) is 4.43. The van der Waals surface area contributed by atoms with Crippen LogP contribution in [0.25, 0.3) is 5.69 Å². The first-order valence-electron chi connectivity index (χ1n) is 9.64. The highest BCUT2D eigenvalue weighted by Gasteiger charge is 2.16. The van der Waals surface area contributed by atoms with Crippen molar-refractivity contribution in [2.45, 2.75) is 38.4 Å². The van der Waals surface area contributed by atoms with Crippen LogP contribution < -0.4 is 10.1 Å². The largest absolute Gasteiger partial charge is 0.492 e. The van der Waals surface area contributed by atoms with Gasteiger partial charge in [-0.2, -0.15) is 4.68 Å². The topological polar surface area (TPSA) is 81.9 Å². The maximum absolute atomic E-state index is 12.4. The molecular weight excluding hydrogens is 386 g/mol. The van der Waals surface area contributed by atoms with Gasteiger partial charge in [-0.1, -0.05) is 55.1 Å². The number of amides is 1. The summed E-state index contributed by atoms with van der Waals surface area (Å²) in [4.78, 5) is 12.4. The molecule has 1 aromatic heterocycles. The number of nitrogens with one attached hydrogen (secondary N) is 1. The Hall–Kier alpha value is -2.87. The molecular formula is C21H25N5O2S. The van der Waals surface area contributed by atoms with Crippen LogP contribution in [-0.4, -0.2) is 38.5 Å². The van der Waals surface area contributed by atoms with Crippen molar-refractivity contribution in [1.29, 1.82) is 0 Å². The second-order valence-corrected chi connectivity index (χ2v) is 7.39. The van der Waals surface area contributed by atoms with Gasteiger partial charge < -0.3 is 10.1 Å². The first-order chi connectivity index (χ1) is 14.1. The molecule has 3 rings (SSSR count). The minimum absolute atomic E-state index is 0.0660. The number of para-hydroxylation sites is 2. The molecule has 29 heavy (non-hydrogen) atoms. The predicted octanol–water partition coefficient (Wildman–Crippen LogP) is 3.59. The lowest BCUT2D eigenvalue weighted by atomic mass is 10.1. The molecule has 1 amide bonds. The molecule has 152 valence electrons. The predicted molar refractivity (Wildman–Crippen MR) is 113 cm³/mol. The smallest absolute Gasteiger partial charge is 0.230 e. The molecule has 7 nitrogen and oxygen atoms in total. The molecule has 1 N–H and O–H groups in total. The molecule has 2 aromatic carbocycles. The summed E-state index contributed by atoms with van der Waals surface area (Å²) in [5.74, 6) is 0.835. The van der Waals surface area contributed by atoms with Gasteiger partial charge in [-0.15, -0.1) is 5.10 Å². The lowest BCUT2D eigenvalue weighted by molar-refractivity contribution is -0.119. The Morgan fingerprint density at radius 1 is 1.17 bits per heavy atom. The van der Waals surface area contributed by atoms with E-state index < -0.39 is 0 Å². The lowest BCUT2D eigenvalue weighted by Gasteiger charge is -2.15. The number of carbonyl (C=O) groups excluding carboxylic acids is 1. The Balaban J connectivity index is 1.62. The quantitative estimate of drug-likeness (QED) is 0.542. The number of hydrogen-bond acceptors (Lipinski definition) is 6. The highest BCUT2D eigenvalue weighted by Crippen LogP contribution is 2.26. The minimum atomic E-state index is -0.0743. The third-order valence-corrected chi connectivity index (χ3v) is 5.35. The molecule has 1 heterocycles. The number of aromatic nitrogens is 4. The van der Waals surface area contributed by atoms with Gasteiger partial charge in [0, 0.05) is 0 Å². The number of thioether (sulfide) groups is 1. The standard InChI is InChI=1S/C21H25N5O2S/c1-4-16-10-12-17(13-11-16)15(3)22-20(27)14-29-21-23-24-25-26(21)18-8-6-7-9-19(18)28-5-2/h6-13,15H,4-5,14H2,1-3H3,(H,22,27). The van der Waals surface area contributed by atoms with Gasteiger partial charge in [-0.3, -0.25) is 4.79 Å². The summed E-state index contributed by atoms with van der Waals surface area (Å²) in [6, 6.07) is 15.8. The van der Waals surface area contributed by atoms with Crippen LogP contribution in [0.2, 0.25) is 0 Å². The van der Waals surface area contributed by atoms with Crippen molar-refractivity contribution < 1.29 is 9.53 Å². The SMILES string of the molecule is CCOc1ccccc1-n1nnnc1SCC(=O)NC(C)c1ccc(CC)cc1. The van der Waals surface area contributed by atoms with Gasteiger partial charge in [0.25, 0.3) is 0 Å². The molecule has 0 aliphatic heterocycles. The normalized spacial score (nSPS) is 11.8. The minimum Gasteiger partial charge on any atom is -0.492 e. The van der Waals surface area contributed by atoms with Crippen molar-refractivity contribution in [3.05, 3.63) is 59.7 Å². The van der Waals surface area contributed by atoms with Crippen LogP contribution in [0, 0.1) is 0 Å². The molecule has 0 bridgehead atoms. The first-order valence-corrected chi connectivity index (χ1v) is 10.6. The highest BCUT2D eigenvalue weighted by molar-refractivity contribution is 7.99. The zero-order chi connectivity index (χ0) is 20.6. The van der Waals surface area contributed by atoms with Gasteiger partial charge in [-0.05, 0) is 54.0 Å². The molecule has 1 atom stereocenters. The van der Waals surface area contributed by atoms with Crippen LogP contribution in [0.4, 0.5) is 0 Å². The number of rotatable bonds is 9. The Morgan fingerprint density at radius 3 is 2.66 bits per heavy atom. The summed E-state index contributed by atoms with van der Waals surface area (Å²) in [7, 11) is 0. The summed E-state index contributed by atoms with van der Waals surface area (Å²) >= 11 is 1.29. The van der Waals surface area contributed by atoms with E-state index in [-0.39, 0.29) is 17.7 Å². The lowest BCUT2D eigenvalue weighted by Crippen LogP contribution is -2.28. The maximum Gasteiger partial charge on any atom is 0.230 e. The fourth-order valence-electron chi connectivity index (χ4n) is 2.87. The zero-order valence-electron chi connectivity index (χ0n) is 16.8. The average Bonchev–Trinajstić information content (AvgIpc) is 3.21. The summed E-state index contributed by atoms with van der Waals surface area (Å²) in [6.07, 6.45) is 0.999. The highest BCUT2D eigenvalue weighted by atomic mass is 32.2.